The van der Waals surface area contributed by atoms with Crippen molar-refractivity contribution < 1.29 is 13.2 Å². The first-order valence-corrected chi connectivity index (χ1v) is 8.37. The molecule has 0 radical (unpaired) electrons. The van der Waals surface area contributed by atoms with Gasteiger partial charge in [-0.3, -0.25) is 0 Å². The van der Waals surface area contributed by atoms with Gasteiger partial charge in [0.15, 0.2) is 0 Å². The number of rotatable bonds is 7. The Morgan fingerprint density at radius 3 is 2.80 bits per heavy atom. The Morgan fingerprint density at radius 2 is 2.15 bits per heavy atom. The van der Waals surface area contributed by atoms with Gasteiger partial charge >= 0.3 is 0 Å². The van der Waals surface area contributed by atoms with E-state index >= 15 is 0 Å². The van der Waals surface area contributed by atoms with Crippen molar-refractivity contribution in [2.45, 2.75) is 43.7 Å². The lowest BCUT2D eigenvalue weighted by Crippen LogP contribution is -2.47. The molecule has 112 valence electrons. The molecule has 6 nitrogen and oxygen atoms in total. The molecule has 0 bridgehead atoms. The summed E-state index contributed by atoms with van der Waals surface area (Å²) in [6.07, 6.45) is 3.15. The highest BCUT2D eigenvalue weighted by Gasteiger charge is 2.33. The molecule has 0 spiro atoms. The Bertz CT molecular complexity index is 542. The van der Waals surface area contributed by atoms with Crippen molar-refractivity contribution in [1.82, 2.24) is 9.71 Å². The first kappa shape index (κ1) is 15.2. The average molecular weight is 299 g/mol. The lowest BCUT2D eigenvalue weighted by Gasteiger charge is -2.35. The van der Waals surface area contributed by atoms with Gasteiger partial charge in [0.05, 0.1) is 11.0 Å². The number of nitrogens with one attached hydrogen (secondary N) is 2. The van der Waals surface area contributed by atoms with Crippen LogP contribution in [0, 0.1) is 0 Å². The van der Waals surface area contributed by atoms with Gasteiger partial charge in [-0.2, -0.15) is 0 Å². The van der Waals surface area contributed by atoms with E-state index in [9.17, 15) is 8.42 Å². The van der Waals surface area contributed by atoms with Gasteiger partial charge < -0.3 is 10.1 Å². The van der Waals surface area contributed by atoms with Gasteiger partial charge in [0.1, 0.15) is 5.82 Å². The summed E-state index contributed by atoms with van der Waals surface area (Å²) in [6, 6.07) is 3.01. The lowest BCUT2D eigenvalue weighted by atomic mass is 9.90. The molecule has 7 heteroatoms. The summed E-state index contributed by atoms with van der Waals surface area (Å²) in [6.45, 7) is 5.24. The maximum Gasteiger partial charge on any atom is 0.241 e. The third kappa shape index (κ3) is 3.68. The molecule has 0 aliphatic heterocycles. The van der Waals surface area contributed by atoms with Crippen LogP contribution in [0.5, 0.6) is 0 Å². The third-order valence-electron chi connectivity index (χ3n) is 3.22. The maximum atomic E-state index is 12.2. The molecule has 20 heavy (non-hydrogen) atoms. The molecular formula is C13H21N3O3S. The van der Waals surface area contributed by atoms with Gasteiger partial charge in [-0.25, -0.2) is 18.1 Å². The van der Waals surface area contributed by atoms with Crippen LogP contribution < -0.4 is 10.0 Å². The summed E-state index contributed by atoms with van der Waals surface area (Å²) in [5.74, 6) is 0.566. The minimum Gasteiger partial charge on any atom is -0.378 e. The van der Waals surface area contributed by atoms with E-state index in [2.05, 4.69) is 15.0 Å². The van der Waals surface area contributed by atoms with Crippen molar-refractivity contribution in [3.05, 3.63) is 18.3 Å². The molecular weight excluding hydrogens is 278 g/mol. The second kappa shape index (κ2) is 6.51. The number of anilines is 1. The number of hydrogen-bond acceptors (Lipinski definition) is 5. The van der Waals surface area contributed by atoms with Gasteiger partial charge in [-0.1, -0.05) is 0 Å². The number of nitrogens with zero attached hydrogens (tertiary/aromatic N) is 1. The van der Waals surface area contributed by atoms with Crippen molar-refractivity contribution in [2.75, 3.05) is 18.5 Å². The highest BCUT2D eigenvalue weighted by atomic mass is 32.2. The minimum absolute atomic E-state index is 0.0349. The largest absolute Gasteiger partial charge is 0.378 e. The summed E-state index contributed by atoms with van der Waals surface area (Å²) in [5, 5.41) is 3.00. The number of hydrogen-bond donors (Lipinski definition) is 2. The molecule has 1 fully saturated rings. The minimum atomic E-state index is -3.49. The summed E-state index contributed by atoms with van der Waals surface area (Å²) in [5.41, 5.74) is 0. The lowest BCUT2D eigenvalue weighted by molar-refractivity contribution is -0.00475. The topological polar surface area (TPSA) is 80.3 Å². The zero-order valence-electron chi connectivity index (χ0n) is 11.8. The Kier molecular flexibility index (Phi) is 4.95. The molecule has 0 saturated heterocycles. The molecule has 0 unspecified atom stereocenters. The van der Waals surface area contributed by atoms with Crippen molar-refractivity contribution in [1.29, 1.82) is 0 Å². The SMILES string of the molecule is CCNc1cc(S(=O)(=O)NC2CC(OCC)C2)ccn1. The molecule has 1 aromatic heterocycles. The van der Waals surface area contributed by atoms with Gasteiger partial charge in [0, 0.05) is 31.5 Å². The molecule has 0 atom stereocenters. The number of ether oxygens (including phenoxy) is 1. The second-order valence-corrected chi connectivity index (χ2v) is 6.49. The Hall–Kier alpha value is -1.18. The van der Waals surface area contributed by atoms with Crippen LogP contribution in [-0.4, -0.2) is 38.7 Å². The van der Waals surface area contributed by atoms with E-state index in [0.29, 0.717) is 19.0 Å². The quantitative estimate of drug-likeness (QED) is 0.794. The summed E-state index contributed by atoms with van der Waals surface area (Å²) in [4.78, 5) is 4.31. The maximum absolute atomic E-state index is 12.2. The van der Waals surface area contributed by atoms with Crippen molar-refractivity contribution in [3.63, 3.8) is 0 Å². The van der Waals surface area contributed by atoms with Crippen molar-refractivity contribution >= 4 is 15.8 Å². The highest BCUT2D eigenvalue weighted by Crippen LogP contribution is 2.25. The summed E-state index contributed by atoms with van der Waals surface area (Å²) in [7, 11) is -3.49. The number of pyridine rings is 1. The number of aromatic nitrogens is 1. The third-order valence-corrected chi connectivity index (χ3v) is 4.74. The van der Waals surface area contributed by atoms with E-state index in [4.69, 9.17) is 4.74 Å². The van der Waals surface area contributed by atoms with Crippen molar-refractivity contribution in [2.24, 2.45) is 0 Å². The van der Waals surface area contributed by atoms with Crippen LogP contribution in [0.4, 0.5) is 5.82 Å². The molecule has 0 aromatic carbocycles. The molecule has 0 amide bonds. The van der Waals surface area contributed by atoms with Gasteiger partial charge in [0.2, 0.25) is 10.0 Å². The Labute approximate surface area is 120 Å². The number of sulfonamides is 1. The fourth-order valence-corrected chi connectivity index (χ4v) is 3.45. The van der Waals surface area contributed by atoms with E-state index in [1.165, 1.54) is 12.3 Å². The summed E-state index contributed by atoms with van der Waals surface area (Å²) < 4.78 is 32.6. The van der Waals surface area contributed by atoms with Crippen molar-refractivity contribution in [3.8, 4) is 0 Å². The summed E-state index contributed by atoms with van der Waals surface area (Å²) >= 11 is 0. The second-order valence-electron chi connectivity index (χ2n) is 4.77. The van der Waals surface area contributed by atoms with Crippen LogP contribution in [-0.2, 0) is 14.8 Å². The first-order chi connectivity index (χ1) is 9.55. The molecule has 1 aliphatic carbocycles. The van der Waals surface area contributed by atoms with Crippen LogP contribution in [0.3, 0.4) is 0 Å². The van der Waals surface area contributed by atoms with Crippen LogP contribution in [0.1, 0.15) is 26.7 Å². The zero-order valence-corrected chi connectivity index (χ0v) is 12.6. The average Bonchev–Trinajstić information content (AvgIpc) is 2.37. The fourth-order valence-electron chi connectivity index (χ4n) is 2.18. The van der Waals surface area contributed by atoms with Crippen LogP contribution in [0.15, 0.2) is 23.2 Å². The molecule has 2 rings (SSSR count). The molecule has 1 aliphatic rings. The van der Waals surface area contributed by atoms with E-state index < -0.39 is 10.0 Å². The van der Waals surface area contributed by atoms with E-state index in [0.717, 1.165) is 12.8 Å². The van der Waals surface area contributed by atoms with Crippen LogP contribution in [0.2, 0.25) is 0 Å². The zero-order chi connectivity index (χ0) is 14.6. The Morgan fingerprint density at radius 1 is 1.40 bits per heavy atom. The monoisotopic (exact) mass is 299 g/mol. The van der Waals surface area contributed by atoms with Gasteiger partial charge in [0.25, 0.3) is 0 Å². The Balaban J connectivity index is 1.98. The molecule has 1 saturated carbocycles. The molecule has 1 heterocycles. The van der Waals surface area contributed by atoms with Gasteiger partial charge in [-0.15, -0.1) is 0 Å². The molecule has 1 aromatic rings. The fraction of sp³-hybridized carbons (Fsp3) is 0.615. The smallest absolute Gasteiger partial charge is 0.241 e. The predicted octanol–water partition coefficient (Wildman–Crippen LogP) is 1.36. The van der Waals surface area contributed by atoms with Crippen LogP contribution in [0.25, 0.3) is 0 Å². The van der Waals surface area contributed by atoms with Gasteiger partial charge in [-0.05, 0) is 32.8 Å². The highest BCUT2D eigenvalue weighted by molar-refractivity contribution is 7.89. The van der Waals surface area contributed by atoms with E-state index in [-0.39, 0.29) is 17.0 Å². The standard InChI is InChI=1S/C13H21N3O3S/c1-3-14-13-9-12(5-6-15-13)20(17,18)16-10-7-11(8-10)19-4-2/h5-6,9-11,16H,3-4,7-8H2,1-2H3,(H,14,15). The van der Waals surface area contributed by atoms with E-state index in [1.807, 2.05) is 13.8 Å². The predicted molar refractivity (Wildman–Crippen MR) is 77.2 cm³/mol. The van der Waals surface area contributed by atoms with E-state index in [1.54, 1.807) is 6.07 Å². The first-order valence-electron chi connectivity index (χ1n) is 6.89. The van der Waals surface area contributed by atoms with Crippen LogP contribution >= 0.6 is 0 Å². The normalized spacial score (nSPS) is 22.3. The molecule has 2 N–H and O–H groups in total.